The van der Waals surface area contributed by atoms with Gasteiger partial charge in [-0.1, -0.05) is 12.1 Å². The van der Waals surface area contributed by atoms with Crippen LogP contribution < -0.4 is 14.8 Å². The van der Waals surface area contributed by atoms with E-state index in [-0.39, 0.29) is 24.2 Å². The molecule has 2 aromatic rings. The number of nitrogens with one attached hydrogen (secondary N) is 1. The Kier molecular flexibility index (Phi) is 6.26. The summed E-state index contributed by atoms with van der Waals surface area (Å²) < 4.78 is 23.9. The van der Waals surface area contributed by atoms with Crippen LogP contribution in [-0.2, 0) is 9.59 Å². The van der Waals surface area contributed by atoms with Gasteiger partial charge in [0.15, 0.2) is 11.5 Å². The molecule has 0 saturated heterocycles. The number of likely N-dealkylation sites (N-methyl/N-ethyl adjacent to an activating group) is 1. The number of benzene rings is 2. The zero-order valence-corrected chi connectivity index (χ0v) is 15.5. The molecule has 0 spiro atoms. The molecule has 0 unspecified atom stereocenters. The second kappa shape index (κ2) is 9.03. The zero-order chi connectivity index (χ0) is 19.9. The first-order valence-electron chi connectivity index (χ1n) is 8.97. The Morgan fingerprint density at radius 1 is 1.11 bits per heavy atom. The van der Waals surface area contributed by atoms with Gasteiger partial charge in [-0.25, -0.2) is 4.39 Å². The van der Waals surface area contributed by atoms with Gasteiger partial charge in [-0.3, -0.25) is 9.59 Å². The average Bonchev–Trinajstić information content (AvgIpc) is 2.71. The Morgan fingerprint density at radius 2 is 1.82 bits per heavy atom. The molecule has 0 atom stereocenters. The highest BCUT2D eigenvalue weighted by atomic mass is 19.1. The number of ether oxygens (including phenoxy) is 2. The number of halogens is 1. The number of carbonyl (C=O) groups excluding carboxylic acids is 2. The maximum atomic E-state index is 12.9. The zero-order valence-electron chi connectivity index (χ0n) is 15.5. The van der Waals surface area contributed by atoms with E-state index in [4.69, 9.17) is 9.47 Å². The molecule has 1 N–H and O–H groups in total. The van der Waals surface area contributed by atoms with E-state index in [1.54, 1.807) is 43.3 Å². The number of hydrogen-bond acceptors (Lipinski definition) is 4. The van der Waals surface area contributed by atoms with Crippen LogP contribution in [0.1, 0.15) is 12.5 Å². The second-order valence-electron chi connectivity index (χ2n) is 6.14. The van der Waals surface area contributed by atoms with Crippen molar-refractivity contribution in [2.45, 2.75) is 6.92 Å². The molecular formula is C21H21FN2O4. The van der Waals surface area contributed by atoms with Crippen molar-refractivity contribution >= 4 is 23.6 Å². The molecule has 6 nitrogen and oxygen atoms in total. The van der Waals surface area contributed by atoms with E-state index < -0.39 is 0 Å². The second-order valence-corrected chi connectivity index (χ2v) is 6.14. The fourth-order valence-corrected chi connectivity index (χ4v) is 2.69. The standard InChI is InChI=1S/C21H21FN2O4/c1-2-24(21(26)10-5-15-3-6-16(22)7-4-15)14-20(25)23-17-8-9-18-19(13-17)28-12-11-27-18/h3-10,13H,2,11-12,14H2,1H3,(H,23,25). The third-order valence-electron chi connectivity index (χ3n) is 4.14. The van der Waals surface area contributed by atoms with Gasteiger partial charge in [0, 0.05) is 24.4 Å². The van der Waals surface area contributed by atoms with Crippen molar-refractivity contribution in [3.05, 3.63) is 59.9 Å². The van der Waals surface area contributed by atoms with Crippen LogP contribution in [0, 0.1) is 5.82 Å². The number of rotatable bonds is 6. The summed E-state index contributed by atoms with van der Waals surface area (Å²) in [6, 6.07) is 10.9. The Morgan fingerprint density at radius 3 is 2.54 bits per heavy atom. The highest BCUT2D eigenvalue weighted by molar-refractivity contribution is 5.98. The van der Waals surface area contributed by atoms with Crippen molar-refractivity contribution in [3.8, 4) is 11.5 Å². The van der Waals surface area contributed by atoms with Gasteiger partial charge in [0.25, 0.3) is 0 Å². The van der Waals surface area contributed by atoms with Gasteiger partial charge in [-0.2, -0.15) is 0 Å². The van der Waals surface area contributed by atoms with Gasteiger partial charge in [-0.15, -0.1) is 0 Å². The summed E-state index contributed by atoms with van der Waals surface area (Å²) in [6.07, 6.45) is 2.96. The molecule has 1 heterocycles. The van der Waals surface area contributed by atoms with Crippen molar-refractivity contribution in [1.29, 1.82) is 0 Å². The van der Waals surface area contributed by atoms with Crippen LogP contribution in [0.2, 0.25) is 0 Å². The van der Waals surface area contributed by atoms with E-state index in [9.17, 15) is 14.0 Å². The maximum Gasteiger partial charge on any atom is 0.247 e. The monoisotopic (exact) mass is 384 g/mol. The summed E-state index contributed by atoms with van der Waals surface area (Å²) in [6.45, 7) is 3.04. The Hall–Kier alpha value is -3.35. The molecular weight excluding hydrogens is 363 g/mol. The molecule has 0 aliphatic carbocycles. The Bertz CT molecular complexity index is 880. The fourth-order valence-electron chi connectivity index (χ4n) is 2.69. The molecule has 0 saturated carbocycles. The minimum Gasteiger partial charge on any atom is -0.486 e. The van der Waals surface area contributed by atoms with Crippen molar-refractivity contribution in [2.75, 3.05) is 31.6 Å². The van der Waals surface area contributed by atoms with Crippen molar-refractivity contribution < 1.29 is 23.5 Å². The van der Waals surface area contributed by atoms with Crippen LogP contribution in [0.15, 0.2) is 48.5 Å². The minimum atomic E-state index is -0.338. The maximum absolute atomic E-state index is 12.9. The molecule has 0 fully saturated rings. The highest BCUT2D eigenvalue weighted by Gasteiger charge is 2.16. The number of fused-ring (bicyclic) bond motifs is 1. The first kappa shape index (κ1) is 19.4. The number of nitrogens with zero attached hydrogens (tertiary/aromatic N) is 1. The van der Waals surface area contributed by atoms with E-state index in [0.717, 1.165) is 0 Å². The van der Waals surface area contributed by atoms with Gasteiger partial charge < -0.3 is 19.7 Å². The van der Waals surface area contributed by atoms with Crippen LogP contribution in [0.4, 0.5) is 10.1 Å². The van der Waals surface area contributed by atoms with Crippen molar-refractivity contribution in [1.82, 2.24) is 4.90 Å². The molecule has 0 radical (unpaired) electrons. The van der Waals surface area contributed by atoms with Crippen LogP contribution in [0.3, 0.4) is 0 Å². The molecule has 1 aliphatic rings. The van der Waals surface area contributed by atoms with Gasteiger partial charge in [0.2, 0.25) is 11.8 Å². The average molecular weight is 384 g/mol. The first-order chi connectivity index (χ1) is 13.5. The van der Waals surface area contributed by atoms with Crippen LogP contribution >= 0.6 is 0 Å². The van der Waals surface area contributed by atoms with Crippen LogP contribution in [-0.4, -0.2) is 43.0 Å². The predicted octanol–water partition coefficient (Wildman–Crippen LogP) is 3.10. The van der Waals surface area contributed by atoms with Gasteiger partial charge in [-0.05, 0) is 42.8 Å². The van der Waals surface area contributed by atoms with Gasteiger partial charge in [0.1, 0.15) is 25.6 Å². The molecule has 146 valence electrons. The number of carbonyl (C=O) groups is 2. The fraction of sp³-hybridized carbons (Fsp3) is 0.238. The quantitative estimate of drug-likeness (QED) is 0.777. The van der Waals surface area contributed by atoms with Crippen molar-refractivity contribution in [2.24, 2.45) is 0 Å². The summed E-state index contributed by atoms with van der Waals surface area (Å²) in [5, 5.41) is 2.76. The lowest BCUT2D eigenvalue weighted by atomic mass is 10.2. The molecule has 0 bridgehead atoms. The van der Waals surface area contributed by atoms with Crippen LogP contribution in [0.25, 0.3) is 6.08 Å². The molecule has 7 heteroatoms. The summed E-state index contributed by atoms with van der Waals surface area (Å²) in [7, 11) is 0. The van der Waals surface area contributed by atoms with Gasteiger partial charge >= 0.3 is 0 Å². The molecule has 3 rings (SSSR count). The van der Waals surface area contributed by atoms with E-state index in [0.29, 0.717) is 42.5 Å². The minimum absolute atomic E-state index is 0.0858. The van der Waals surface area contributed by atoms with E-state index >= 15 is 0 Å². The predicted molar refractivity (Wildman–Crippen MR) is 104 cm³/mol. The number of hydrogen-bond donors (Lipinski definition) is 1. The molecule has 2 aromatic carbocycles. The molecule has 2 amide bonds. The third-order valence-corrected chi connectivity index (χ3v) is 4.14. The Balaban J connectivity index is 1.58. The smallest absolute Gasteiger partial charge is 0.247 e. The topological polar surface area (TPSA) is 67.9 Å². The lowest BCUT2D eigenvalue weighted by Crippen LogP contribution is -2.36. The largest absolute Gasteiger partial charge is 0.486 e. The summed E-state index contributed by atoms with van der Waals surface area (Å²) in [5.41, 5.74) is 1.27. The molecule has 0 aromatic heterocycles. The van der Waals surface area contributed by atoms with Crippen LogP contribution in [0.5, 0.6) is 11.5 Å². The van der Waals surface area contributed by atoms with Crippen molar-refractivity contribution in [3.63, 3.8) is 0 Å². The number of amides is 2. The SMILES string of the molecule is CCN(CC(=O)Nc1ccc2c(c1)OCCO2)C(=O)C=Cc1ccc(F)cc1. The summed E-state index contributed by atoms with van der Waals surface area (Å²) in [5.74, 6) is 0.260. The molecule has 1 aliphatic heterocycles. The highest BCUT2D eigenvalue weighted by Crippen LogP contribution is 2.32. The number of anilines is 1. The van der Waals surface area contributed by atoms with E-state index in [2.05, 4.69) is 5.32 Å². The lowest BCUT2D eigenvalue weighted by molar-refractivity contribution is -0.130. The normalized spacial score (nSPS) is 12.6. The van der Waals surface area contributed by atoms with E-state index in [1.807, 2.05) is 0 Å². The van der Waals surface area contributed by atoms with E-state index in [1.165, 1.54) is 23.1 Å². The summed E-state index contributed by atoms with van der Waals surface area (Å²) >= 11 is 0. The summed E-state index contributed by atoms with van der Waals surface area (Å²) in [4.78, 5) is 26.1. The first-order valence-corrected chi connectivity index (χ1v) is 8.97. The third kappa shape index (κ3) is 5.09. The van der Waals surface area contributed by atoms with Gasteiger partial charge in [0.05, 0.1) is 0 Å². The lowest BCUT2D eigenvalue weighted by Gasteiger charge is -2.20. The molecule has 28 heavy (non-hydrogen) atoms. The Labute approximate surface area is 162 Å².